The molecule has 134 valence electrons. The van der Waals surface area contributed by atoms with Gasteiger partial charge >= 0.3 is 5.97 Å². The highest BCUT2D eigenvalue weighted by atomic mass is 32.2. The van der Waals surface area contributed by atoms with Gasteiger partial charge in [-0.05, 0) is 19.1 Å². The van der Waals surface area contributed by atoms with Crippen LogP contribution >= 0.6 is 11.3 Å². The molecule has 0 aliphatic rings. The number of thiazole rings is 1. The Labute approximate surface area is 149 Å². The third kappa shape index (κ3) is 4.15. The molecule has 0 unspecified atom stereocenters. The molecule has 1 amide bonds. The van der Waals surface area contributed by atoms with Gasteiger partial charge in [-0.1, -0.05) is 23.5 Å². The molecule has 0 aliphatic heterocycles. The van der Waals surface area contributed by atoms with Crippen molar-refractivity contribution in [2.75, 3.05) is 30.0 Å². The molecule has 0 saturated carbocycles. The molecule has 8 nitrogen and oxygen atoms in total. The number of para-hydroxylation sites is 1. The number of sulfonamides is 1. The van der Waals surface area contributed by atoms with Gasteiger partial charge < -0.3 is 10.1 Å². The van der Waals surface area contributed by atoms with Crippen molar-refractivity contribution in [3.8, 4) is 0 Å². The lowest BCUT2D eigenvalue weighted by Gasteiger charge is -2.11. The number of amides is 1. The number of benzene rings is 1. The van der Waals surface area contributed by atoms with E-state index in [2.05, 4.69) is 15.0 Å². The SMILES string of the molecule is COC(=O)c1ccccc1NC(=O)c1sc(N(C)S(C)(=O)=O)nc1C. The summed E-state index contributed by atoms with van der Waals surface area (Å²) in [5.41, 5.74) is 0.905. The summed E-state index contributed by atoms with van der Waals surface area (Å²) in [5, 5.41) is 2.82. The smallest absolute Gasteiger partial charge is 0.339 e. The summed E-state index contributed by atoms with van der Waals surface area (Å²) < 4.78 is 28.9. The lowest BCUT2D eigenvalue weighted by Crippen LogP contribution is -2.24. The summed E-state index contributed by atoms with van der Waals surface area (Å²) in [6, 6.07) is 6.43. The van der Waals surface area contributed by atoms with Crippen molar-refractivity contribution in [3.63, 3.8) is 0 Å². The average molecular weight is 383 g/mol. The molecule has 0 saturated heterocycles. The van der Waals surface area contributed by atoms with Crippen LogP contribution in [0.1, 0.15) is 25.7 Å². The number of hydrogen-bond donors (Lipinski definition) is 1. The first-order valence-corrected chi connectivity index (χ1v) is 9.71. The minimum Gasteiger partial charge on any atom is -0.465 e. The van der Waals surface area contributed by atoms with Gasteiger partial charge in [0.25, 0.3) is 5.91 Å². The quantitative estimate of drug-likeness (QED) is 0.791. The molecule has 10 heteroatoms. The van der Waals surface area contributed by atoms with Crippen LogP contribution in [0.5, 0.6) is 0 Å². The Hall–Kier alpha value is -2.46. The number of aromatic nitrogens is 1. The largest absolute Gasteiger partial charge is 0.465 e. The molecule has 0 radical (unpaired) electrons. The molecule has 25 heavy (non-hydrogen) atoms. The molecule has 1 heterocycles. The molecule has 0 fully saturated rings. The van der Waals surface area contributed by atoms with Crippen molar-refractivity contribution in [1.29, 1.82) is 0 Å². The second-order valence-electron chi connectivity index (χ2n) is 5.13. The second kappa shape index (κ2) is 7.19. The fraction of sp³-hybridized carbons (Fsp3) is 0.267. The van der Waals surface area contributed by atoms with Crippen LogP contribution in [0.15, 0.2) is 24.3 Å². The van der Waals surface area contributed by atoms with Crippen LogP contribution in [0.25, 0.3) is 0 Å². The van der Waals surface area contributed by atoms with E-state index in [1.54, 1.807) is 25.1 Å². The van der Waals surface area contributed by atoms with Gasteiger partial charge in [0.1, 0.15) is 4.88 Å². The van der Waals surface area contributed by atoms with Gasteiger partial charge in [0, 0.05) is 7.05 Å². The Kier molecular flexibility index (Phi) is 5.43. The lowest BCUT2D eigenvalue weighted by molar-refractivity contribution is 0.0602. The van der Waals surface area contributed by atoms with Gasteiger partial charge in [-0.2, -0.15) is 0 Å². The van der Waals surface area contributed by atoms with E-state index in [-0.39, 0.29) is 15.6 Å². The van der Waals surface area contributed by atoms with E-state index in [0.717, 1.165) is 21.9 Å². The molecule has 2 rings (SSSR count). The van der Waals surface area contributed by atoms with Crippen molar-refractivity contribution >= 4 is 44.1 Å². The van der Waals surface area contributed by atoms with Crippen LogP contribution in [0.3, 0.4) is 0 Å². The highest BCUT2D eigenvalue weighted by molar-refractivity contribution is 7.92. The fourth-order valence-corrected chi connectivity index (χ4v) is 3.60. The van der Waals surface area contributed by atoms with E-state index in [4.69, 9.17) is 0 Å². The van der Waals surface area contributed by atoms with E-state index in [1.807, 2.05) is 0 Å². The van der Waals surface area contributed by atoms with Crippen molar-refractivity contribution in [3.05, 3.63) is 40.4 Å². The first-order valence-electron chi connectivity index (χ1n) is 7.05. The fourth-order valence-electron chi connectivity index (χ4n) is 1.93. The number of rotatable bonds is 5. The van der Waals surface area contributed by atoms with E-state index >= 15 is 0 Å². The number of carbonyl (C=O) groups is 2. The highest BCUT2D eigenvalue weighted by Gasteiger charge is 2.22. The van der Waals surface area contributed by atoms with Crippen molar-refractivity contribution in [2.45, 2.75) is 6.92 Å². The maximum atomic E-state index is 12.5. The third-order valence-corrected chi connectivity index (χ3v) is 5.86. The molecular formula is C15H17N3O5S2. The number of hydrogen-bond acceptors (Lipinski definition) is 7. The van der Waals surface area contributed by atoms with Crippen LogP contribution in [-0.2, 0) is 14.8 Å². The number of anilines is 2. The maximum absolute atomic E-state index is 12.5. The molecule has 1 aromatic heterocycles. The summed E-state index contributed by atoms with van der Waals surface area (Å²) in [6.45, 7) is 1.61. The normalized spacial score (nSPS) is 11.0. The Morgan fingerprint density at radius 1 is 1.28 bits per heavy atom. The van der Waals surface area contributed by atoms with Crippen LogP contribution in [-0.4, -0.2) is 45.7 Å². The van der Waals surface area contributed by atoms with E-state index in [1.165, 1.54) is 20.2 Å². The number of nitrogens with zero attached hydrogens (tertiary/aromatic N) is 2. The number of methoxy groups -OCH3 is 1. The molecule has 2 aromatic rings. The number of aryl methyl sites for hydroxylation is 1. The molecule has 0 spiro atoms. The molecule has 1 aromatic carbocycles. The Morgan fingerprint density at radius 2 is 1.92 bits per heavy atom. The van der Waals surface area contributed by atoms with Crippen LogP contribution < -0.4 is 9.62 Å². The average Bonchev–Trinajstić information content (AvgIpc) is 2.94. The number of esters is 1. The van der Waals surface area contributed by atoms with Crippen LogP contribution in [0.4, 0.5) is 10.8 Å². The van der Waals surface area contributed by atoms with Crippen LogP contribution in [0.2, 0.25) is 0 Å². The van der Waals surface area contributed by atoms with Gasteiger partial charge in [-0.3, -0.25) is 4.79 Å². The zero-order valence-electron chi connectivity index (χ0n) is 14.1. The minimum absolute atomic E-state index is 0.186. The van der Waals surface area contributed by atoms with Gasteiger partial charge in [-0.25, -0.2) is 22.5 Å². The van der Waals surface area contributed by atoms with E-state index < -0.39 is 21.9 Å². The lowest BCUT2D eigenvalue weighted by atomic mass is 10.1. The van der Waals surface area contributed by atoms with Gasteiger partial charge in [0.15, 0.2) is 5.13 Å². The Bertz CT molecular complexity index is 921. The summed E-state index contributed by atoms with van der Waals surface area (Å²) in [6.07, 6.45) is 1.05. The molecule has 0 bridgehead atoms. The molecule has 0 atom stereocenters. The predicted octanol–water partition coefficient (Wildman–Crippen LogP) is 1.89. The van der Waals surface area contributed by atoms with E-state index in [0.29, 0.717) is 11.4 Å². The summed E-state index contributed by atoms with van der Waals surface area (Å²) in [4.78, 5) is 28.7. The van der Waals surface area contributed by atoms with Gasteiger partial charge in [-0.15, -0.1) is 0 Å². The monoisotopic (exact) mass is 383 g/mol. The minimum atomic E-state index is -3.48. The molecule has 0 aliphatic carbocycles. The summed E-state index contributed by atoms with van der Waals surface area (Å²) in [5.74, 6) is -1.06. The van der Waals surface area contributed by atoms with Crippen molar-refractivity contribution in [2.24, 2.45) is 0 Å². The maximum Gasteiger partial charge on any atom is 0.339 e. The Balaban J connectivity index is 2.32. The Morgan fingerprint density at radius 3 is 2.52 bits per heavy atom. The standard InChI is InChI=1S/C15H17N3O5S2/c1-9-12(24-15(16-9)18(2)25(4,21)22)13(19)17-11-8-6-5-7-10(11)14(20)23-3/h5-8H,1-4H3,(H,17,19). The highest BCUT2D eigenvalue weighted by Crippen LogP contribution is 2.28. The van der Waals surface area contributed by atoms with Crippen molar-refractivity contribution in [1.82, 2.24) is 4.98 Å². The first-order chi connectivity index (χ1) is 11.6. The van der Waals surface area contributed by atoms with E-state index in [9.17, 15) is 18.0 Å². The number of nitrogens with one attached hydrogen (secondary N) is 1. The number of ether oxygens (including phenoxy) is 1. The number of carbonyl (C=O) groups excluding carboxylic acids is 2. The predicted molar refractivity (Wildman–Crippen MR) is 95.8 cm³/mol. The van der Waals surface area contributed by atoms with Gasteiger partial charge in [0.2, 0.25) is 10.0 Å². The zero-order chi connectivity index (χ0) is 18.8. The third-order valence-electron chi connectivity index (χ3n) is 3.34. The topological polar surface area (TPSA) is 106 Å². The van der Waals surface area contributed by atoms with Crippen molar-refractivity contribution < 1.29 is 22.7 Å². The second-order valence-corrected chi connectivity index (χ2v) is 8.12. The van der Waals surface area contributed by atoms with Gasteiger partial charge in [0.05, 0.1) is 30.3 Å². The molecular weight excluding hydrogens is 366 g/mol. The zero-order valence-corrected chi connectivity index (χ0v) is 15.7. The first kappa shape index (κ1) is 18.9. The summed E-state index contributed by atoms with van der Waals surface area (Å²) >= 11 is 0.949. The molecule has 1 N–H and O–H groups in total. The summed E-state index contributed by atoms with van der Waals surface area (Å²) in [7, 11) is -0.862. The van der Waals surface area contributed by atoms with Crippen LogP contribution in [0, 0.1) is 6.92 Å².